The van der Waals surface area contributed by atoms with E-state index < -0.39 is 20.0 Å². The Balaban J connectivity index is 0.000000122. The minimum absolute atomic E-state index is 0.0279. The van der Waals surface area contributed by atoms with E-state index in [0.29, 0.717) is 76.4 Å². The molecule has 2 amide bonds. The number of anilines is 4. The number of rotatable bonds is 18. The molecule has 0 radical (unpaired) electrons. The maximum atomic E-state index is 13.9. The lowest BCUT2D eigenvalue weighted by molar-refractivity contribution is -0.116. The number of halogens is 7. The van der Waals surface area contributed by atoms with Crippen LogP contribution in [0.15, 0.2) is 394 Å². The minimum atomic E-state index is -3.63. The molecule has 6 heterocycles. The summed E-state index contributed by atoms with van der Waals surface area (Å²) in [7, 11) is -6.91. The number of benzene rings is 16. The summed E-state index contributed by atoms with van der Waals surface area (Å²) in [5.41, 5.74) is 29.7. The van der Waals surface area contributed by atoms with E-state index in [1.807, 2.05) is 179 Å². The van der Waals surface area contributed by atoms with Gasteiger partial charge in [-0.2, -0.15) is 0 Å². The molecule has 0 aliphatic rings. The highest BCUT2D eigenvalue weighted by Crippen LogP contribution is 2.34. The molecule has 0 aliphatic heterocycles. The lowest BCUT2D eigenvalue weighted by Gasteiger charge is -2.09. The average molecular weight is 2120 g/mol. The first-order chi connectivity index (χ1) is 71.8. The van der Waals surface area contributed by atoms with E-state index in [0.717, 1.165) is 157 Å². The molecule has 31 heteroatoms. The van der Waals surface area contributed by atoms with E-state index >= 15 is 0 Å². The summed E-state index contributed by atoms with van der Waals surface area (Å²) >= 11 is 35.8. The van der Waals surface area contributed by atoms with Crippen molar-refractivity contribution < 1.29 is 30.8 Å². The van der Waals surface area contributed by atoms with Crippen LogP contribution in [-0.4, -0.2) is 94.7 Å². The normalized spacial score (nSPS) is 11.1. The van der Waals surface area contributed by atoms with Crippen LogP contribution in [-0.2, 0) is 24.8 Å². The number of amides is 2. The molecule has 0 saturated heterocycles. The van der Waals surface area contributed by atoms with Crippen molar-refractivity contribution in [3.63, 3.8) is 0 Å². The second-order valence-corrected chi connectivity index (χ2v) is 40.9. The van der Waals surface area contributed by atoms with Gasteiger partial charge in [-0.1, -0.05) is 264 Å². The fourth-order valence-electron chi connectivity index (χ4n) is 15.3. The first-order valence-corrected chi connectivity index (χ1v) is 52.2. The smallest absolute Gasteiger partial charge is 0.261 e. The highest BCUT2D eigenvalue weighted by atomic mass is 35.5. The van der Waals surface area contributed by atoms with E-state index in [1.165, 1.54) is 22.8 Å². The van der Waals surface area contributed by atoms with Gasteiger partial charge >= 0.3 is 0 Å². The van der Waals surface area contributed by atoms with Crippen LogP contribution in [0.2, 0.25) is 30.1 Å². The molecule has 0 atom stereocenters. The molecule has 6 aromatic heterocycles. The van der Waals surface area contributed by atoms with Gasteiger partial charge in [-0.05, 0) is 231 Å². The lowest BCUT2D eigenvalue weighted by atomic mass is 10.0. The van der Waals surface area contributed by atoms with Crippen LogP contribution in [0.4, 0.5) is 27.1 Å². The van der Waals surface area contributed by atoms with Gasteiger partial charge in [0.15, 0.2) is 0 Å². The molecular weight excluding hydrogens is 2030 g/mol. The number of hydrogen-bond donors (Lipinski definition) is 4. The summed E-state index contributed by atoms with van der Waals surface area (Å²) in [5, 5.41) is 9.62. The van der Waals surface area contributed by atoms with Gasteiger partial charge in [-0.15, -0.1) is 0 Å². The number of fused-ring (bicyclic) bond motifs is 6. The Hall–Kier alpha value is -16.3. The Kier molecular flexibility index (Phi) is 33.1. The largest absolute Gasteiger partial charge is 0.326 e. The summed E-state index contributed by atoms with van der Waals surface area (Å²) in [6.07, 6.45) is 11.9. The quantitative estimate of drug-likeness (QED) is 0.0620. The Morgan fingerprint density at radius 2 is 0.544 bits per heavy atom. The molecule has 738 valence electrons. The highest BCUT2D eigenvalue weighted by molar-refractivity contribution is 7.92. The molecule has 0 aliphatic carbocycles. The summed E-state index contributed by atoms with van der Waals surface area (Å²) in [5.74, 6) is 0.00327. The number of carbonyl (C=O) groups is 2. The van der Waals surface area contributed by atoms with E-state index in [4.69, 9.17) is 69.6 Å². The molecule has 0 fully saturated rings. The summed E-state index contributed by atoms with van der Waals surface area (Å²) in [6.45, 7) is 10.0. The van der Waals surface area contributed by atoms with Crippen LogP contribution in [0.5, 0.6) is 0 Å². The Morgan fingerprint density at radius 1 is 0.289 bits per heavy atom. The molecule has 149 heavy (non-hydrogen) atoms. The Bertz CT molecular complexity index is 8910. The topological polar surface area (TPSA) is 305 Å². The molecule has 22 aromatic rings. The number of hydrogen-bond acceptors (Lipinski definition) is 18. The van der Waals surface area contributed by atoms with E-state index in [9.17, 15) is 30.8 Å². The van der Waals surface area contributed by atoms with Crippen LogP contribution >= 0.6 is 69.6 Å². The van der Waals surface area contributed by atoms with Gasteiger partial charge in [0.05, 0.1) is 149 Å². The number of nitrogens with zero attached hydrogens (tertiary/aromatic N) is 12. The monoisotopic (exact) mass is 2120 g/mol. The molecule has 0 unspecified atom stereocenters. The number of sulfonamides is 2. The Morgan fingerprint density at radius 3 is 0.846 bits per heavy atom. The average Bonchev–Trinajstić information content (AvgIpc) is 0.845. The molecule has 4 N–H and O–H groups in total. The SMILES string of the molecule is CC(C)CC(=O)Nc1ccc(-c2cnc3cc(Cl)ccc3n2)cc1.CS(=O)(=O)Nc1ccc(-c2cnc3cc(Cl)ccc3n2)cc1.Cc1ccc(-c2ccc(-c3cnc4cc(Cl)ccc4n3)cc2)cc1.Cc1ccc(C(=O)Nc2ccc(-c3cnc4cc(Cl)ccc4n3)cc2)cc1.Cc1ccc(S(=O)(=O)Nc2ccc(-c3cnc4cc(Cl)ccc4n3)cc2)cc1.Fc1ccccc1-c1ccc(-c2cnc3cc(Cl)ccc3n2)cc1. The third-order valence-corrected chi connectivity index (χ3v) is 26.4. The van der Waals surface area contributed by atoms with Gasteiger partial charge in [-0.25, -0.2) is 51.1 Å². The zero-order chi connectivity index (χ0) is 104. The summed E-state index contributed by atoms with van der Waals surface area (Å²) in [6, 6.07) is 107. The van der Waals surface area contributed by atoms with Crippen molar-refractivity contribution in [2.45, 2.75) is 45.9 Å². The van der Waals surface area contributed by atoms with Crippen LogP contribution in [0.1, 0.15) is 47.3 Å². The first-order valence-electron chi connectivity index (χ1n) is 46.5. The molecule has 22 nitrogen and oxygen atoms in total. The Labute approximate surface area is 889 Å². The number of aromatic nitrogens is 12. The van der Waals surface area contributed by atoms with Crippen LogP contribution in [0.3, 0.4) is 0 Å². The van der Waals surface area contributed by atoms with Gasteiger partial charge in [0.2, 0.25) is 15.9 Å². The standard InChI is InChI=1S/C22H16ClN3O.C21H16ClN3O2S.C21H15ClN2.C20H12ClFN2.C19H18ClN3O.C15H12ClN3O2S/c1-14-2-4-16(5-3-14)22(27)25-18-9-6-15(7-10-18)21-13-24-20-12-17(23)8-11-19(20)26-21;1-14-2-9-18(10-3-14)28(26,27)25-17-7-4-15(5-8-17)21-13-23-20-12-16(22)6-11-19(20)24-21;1-14-2-4-15(5-3-14)16-6-8-17(9-7-16)21-13-23-20-12-18(22)10-11-19(20)24-21;21-15-9-10-18-19(11-15)23-12-20(24-18)14-7-5-13(6-8-14)16-3-1-2-4-17(16)22;1-12(2)9-19(24)22-15-6-3-13(4-7-15)18-11-21-17-10-14(20)5-8-16(17)23-18;1-22(20,21)19-12-5-2-10(3-6-12)15-9-17-14-8-11(16)4-7-13(14)18-15/h2-13H,1H3,(H,25,27);2-13,25H,1H3;2-13H,1H3;1-12H;3-8,10-12H,9H2,1-2H3,(H,22,24);2-9,19H,1H3. The first kappa shape index (κ1) is 104. The predicted octanol–water partition coefficient (Wildman–Crippen LogP) is 30.5. The van der Waals surface area contributed by atoms with Crippen molar-refractivity contribution in [2.24, 2.45) is 5.92 Å². The molecular formula is C118H89Cl6FN16O6S2. The second-order valence-electron chi connectivity index (χ2n) is 34.9. The van der Waals surface area contributed by atoms with E-state index in [-0.39, 0.29) is 22.5 Å². The number of carbonyl (C=O) groups excluding carboxylic acids is 2. The molecule has 22 rings (SSSR count). The third kappa shape index (κ3) is 28.1. The zero-order valence-electron chi connectivity index (χ0n) is 80.5. The van der Waals surface area contributed by atoms with Crippen molar-refractivity contribution in [1.82, 2.24) is 59.8 Å². The fraction of sp³-hybridized carbons (Fsp3) is 0.0678. The van der Waals surface area contributed by atoms with Gasteiger partial charge in [0, 0.05) is 104 Å². The van der Waals surface area contributed by atoms with Crippen molar-refractivity contribution in [2.75, 3.05) is 26.3 Å². The van der Waals surface area contributed by atoms with Crippen molar-refractivity contribution in [1.29, 1.82) is 0 Å². The summed E-state index contributed by atoms with van der Waals surface area (Å²) < 4.78 is 66.2. The van der Waals surface area contributed by atoms with Gasteiger partial charge < -0.3 is 10.6 Å². The molecule has 0 spiro atoms. The third-order valence-electron chi connectivity index (χ3n) is 23.0. The van der Waals surface area contributed by atoms with Crippen LogP contribution < -0.4 is 20.1 Å². The van der Waals surface area contributed by atoms with Gasteiger partial charge in [-0.3, -0.25) is 48.9 Å². The fourth-order valence-corrected chi connectivity index (χ4v) is 18.0. The second kappa shape index (κ2) is 47.5. The summed E-state index contributed by atoms with van der Waals surface area (Å²) in [4.78, 5) is 78.4. The molecule has 16 aromatic carbocycles. The van der Waals surface area contributed by atoms with E-state index in [1.54, 1.807) is 183 Å². The van der Waals surface area contributed by atoms with Crippen LogP contribution in [0, 0.1) is 32.5 Å². The van der Waals surface area contributed by atoms with E-state index in [2.05, 4.69) is 135 Å². The predicted molar refractivity (Wildman–Crippen MR) is 603 cm³/mol. The number of nitrogens with one attached hydrogen (secondary N) is 4. The molecule has 0 saturated carbocycles. The molecule has 0 bridgehead atoms. The van der Waals surface area contributed by atoms with Crippen molar-refractivity contribution >= 4 is 190 Å². The highest BCUT2D eigenvalue weighted by Gasteiger charge is 2.19. The lowest BCUT2D eigenvalue weighted by Crippen LogP contribution is -2.13. The van der Waals surface area contributed by atoms with Crippen LogP contribution in [0.25, 0.3) is 156 Å². The van der Waals surface area contributed by atoms with Gasteiger partial charge in [0.1, 0.15) is 5.82 Å². The minimum Gasteiger partial charge on any atom is -0.326 e. The number of aryl methyl sites for hydroxylation is 3. The van der Waals surface area contributed by atoms with Crippen molar-refractivity contribution in [3.8, 4) is 89.8 Å². The maximum Gasteiger partial charge on any atom is 0.261 e. The van der Waals surface area contributed by atoms with Crippen molar-refractivity contribution in [3.05, 3.63) is 447 Å². The zero-order valence-corrected chi connectivity index (χ0v) is 86.7. The maximum absolute atomic E-state index is 13.9. The van der Waals surface area contributed by atoms with Gasteiger partial charge in [0.25, 0.3) is 15.9 Å².